The van der Waals surface area contributed by atoms with Crippen molar-refractivity contribution in [3.05, 3.63) is 33.3 Å². The van der Waals surface area contributed by atoms with Crippen LogP contribution in [0.4, 0.5) is 0 Å². The van der Waals surface area contributed by atoms with Gasteiger partial charge in [0.1, 0.15) is 0 Å². The Hall–Kier alpha value is -0.810. The van der Waals surface area contributed by atoms with Gasteiger partial charge in [0.15, 0.2) is 0 Å². The van der Waals surface area contributed by atoms with Gasteiger partial charge in [0, 0.05) is 4.47 Å². The van der Waals surface area contributed by atoms with Crippen molar-refractivity contribution in [1.82, 2.24) is 0 Å². The standard InChI is InChI=1S/C13H14BrN/c1-9-10(2)12(14)5-4-11(9)13(8-15)6-3-7-13/h4-5H,3,6-7H2,1-2H3. The van der Waals surface area contributed by atoms with E-state index in [2.05, 4.69) is 48.0 Å². The third-order valence-electron chi connectivity index (χ3n) is 3.66. The zero-order chi connectivity index (χ0) is 11.1. The van der Waals surface area contributed by atoms with Gasteiger partial charge in [-0.1, -0.05) is 22.0 Å². The van der Waals surface area contributed by atoms with E-state index < -0.39 is 0 Å². The SMILES string of the molecule is Cc1c(Br)ccc(C2(C#N)CCC2)c1C. The van der Waals surface area contributed by atoms with Gasteiger partial charge in [-0.05, 0) is 55.9 Å². The minimum Gasteiger partial charge on any atom is -0.197 e. The fourth-order valence-electron chi connectivity index (χ4n) is 2.28. The number of nitrogens with zero attached hydrogens (tertiary/aromatic N) is 1. The summed E-state index contributed by atoms with van der Waals surface area (Å²) in [5.41, 5.74) is 3.58. The van der Waals surface area contributed by atoms with E-state index in [4.69, 9.17) is 0 Å². The van der Waals surface area contributed by atoms with E-state index >= 15 is 0 Å². The van der Waals surface area contributed by atoms with Crippen LogP contribution in [-0.2, 0) is 5.41 Å². The smallest absolute Gasteiger partial charge is 0.0825 e. The summed E-state index contributed by atoms with van der Waals surface area (Å²) in [7, 11) is 0. The molecule has 1 aromatic carbocycles. The first-order chi connectivity index (χ1) is 7.10. The Kier molecular flexibility index (Phi) is 2.60. The third-order valence-corrected chi connectivity index (χ3v) is 4.52. The van der Waals surface area contributed by atoms with Gasteiger partial charge in [0.25, 0.3) is 0 Å². The Morgan fingerprint density at radius 1 is 1.27 bits per heavy atom. The lowest BCUT2D eigenvalue weighted by atomic mass is 9.64. The van der Waals surface area contributed by atoms with Crippen LogP contribution in [0.3, 0.4) is 0 Å². The van der Waals surface area contributed by atoms with Crippen LogP contribution in [0.25, 0.3) is 0 Å². The number of nitriles is 1. The van der Waals surface area contributed by atoms with Crippen LogP contribution >= 0.6 is 15.9 Å². The highest BCUT2D eigenvalue weighted by Gasteiger charge is 2.40. The third kappa shape index (κ3) is 1.50. The van der Waals surface area contributed by atoms with Gasteiger partial charge in [-0.3, -0.25) is 0 Å². The van der Waals surface area contributed by atoms with E-state index in [0.29, 0.717) is 0 Å². The second kappa shape index (κ2) is 3.64. The number of halogens is 1. The predicted molar refractivity (Wildman–Crippen MR) is 64.8 cm³/mol. The lowest BCUT2D eigenvalue weighted by Gasteiger charge is -2.37. The maximum Gasteiger partial charge on any atom is 0.0825 e. The Morgan fingerprint density at radius 2 is 1.93 bits per heavy atom. The monoisotopic (exact) mass is 263 g/mol. The lowest BCUT2D eigenvalue weighted by Crippen LogP contribution is -2.33. The Labute approximate surface area is 99.2 Å². The summed E-state index contributed by atoms with van der Waals surface area (Å²) in [6.45, 7) is 4.22. The summed E-state index contributed by atoms with van der Waals surface area (Å²) in [6, 6.07) is 6.67. The number of rotatable bonds is 1. The van der Waals surface area contributed by atoms with Crippen molar-refractivity contribution >= 4 is 15.9 Å². The molecule has 0 bridgehead atoms. The van der Waals surface area contributed by atoms with Crippen LogP contribution in [0.1, 0.15) is 36.0 Å². The van der Waals surface area contributed by atoms with E-state index in [1.807, 2.05) is 0 Å². The van der Waals surface area contributed by atoms with Crippen LogP contribution in [0.15, 0.2) is 16.6 Å². The fraction of sp³-hybridized carbons (Fsp3) is 0.462. The lowest BCUT2D eigenvalue weighted by molar-refractivity contribution is 0.322. The molecule has 2 heteroatoms. The molecule has 0 saturated heterocycles. The van der Waals surface area contributed by atoms with Crippen LogP contribution < -0.4 is 0 Å². The van der Waals surface area contributed by atoms with Crippen LogP contribution in [0.5, 0.6) is 0 Å². The molecule has 1 aliphatic rings. The Morgan fingerprint density at radius 3 is 2.40 bits per heavy atom. The number of hydrogen-bond donors (Lipinski definition) is 0. The molecule has 0 radical (unpaired) electrons. The maximum absolute atomic E-state index is 9.31. The average molecular weight is 264 g/mol. The van der Waals surface area contributed by atoms with E-state index in [0.717, 1.165) is 17.3 Å². The molecule has 0 heterocycles. The quantitative estimate of drug-likeness (QED) is 0.751. The summed E-state index contributed by atoms with van der Waals surface area (Å²) >= 11 is 3.53. The molecular weight excluding hydrogens is 250 g/mol. The molecule has 78 valence electrons. The molecule has 0 aliphatic heterocycles. The van der Waals surface area contributed by atoms with Crippen molar-refractivity contribution in [1.29, 1.82) is 5.26 Å². The van der Waals surface area contributed by atoms with E-state index in [-0.39, 0.29) is 5.41 Å². The second-order valence-corrected chi connectivity index (χ2v) is 5.25. The molecule has 0 aromatic heterocycles. The Bertz CT molecular complexity index is 439. The van der Waals surface area contributed by atoms with Crippen LogP contribution in [0, 0.1) is 25.2 Å². The molecular formula is C13H14BrN. The topological polar surface area (TPSA) is 23.8 Å². The van der Waals surface area contributed by atoms with Crippen molar-refractivity contribution in [2.24, 2.45) is 0 Å². The zero-order valence-corrected chi connectivity index (χ0v) is 10.7. The molecule has 1 fully saturated rings. The summed E-state index contributed by atoms with van der Waals surface area (Å²) in [6.07, 6.45) is 3.22. The second-order valence-electron chi connectivity index (χ2n) is 4.39. The van der Waals surface area contributed by atoms with Crippen molar-refractivity contribution in [3.63, 3.8) is 0 Å². The molecule has 2 rings (SSSR count). The molecule has 15 heavy (non-hydrogen) atoms. The van der Waals surface area contributed by atoms with Crippen molar-refractivity contribution < 1.29 is 0 Å². The number of hydrogen-bond acceptors (Lipinski definition) is 1. The number of benzene rings is 1. The molecule has 1 nitrogen and oxygen atoms in total. The van der Waals surface area contributed by atoms with Gasteiger partial charge < -0.3 is 0 Å². The minimum atomic E-state index is -0.185. The van der Waals surface area contributed by atoms with Gasteiger partial charge in [-0.2, -0.15) is 5.26 Å². The Balaban J connectivity index is 2.55. The van der Waals surface area contributed by atoms with Crippen molar-refractivity contribution in [2.45, 2.75) is 38.5 Å². The largest absolute Gasteiger partial charge is 0.197 e. The van der Waals surface area contributed by atoms with Gasteiger partial charge in [0.05, 0.1) is 11.5 Å². The highest BCUT2D eigenvalue weighted by atomic mass is 79.9. The molecule has 0 unspecified atom stereocenters. The average Bonchev–Trinajstić information content (AvgIpc) is 2.17. The highest BCUT2D eigenvalue weighted by molar-refractivity contribution is 9.10. The van der Waals surface area contributed by atoms with E-state index in [9.17, 15) is 5.26 Å². The first-order valence-corrected chi connectivity index (χ1v) is 6.07. The molecule has 1 aliphatic carbocycles. The summed E-state index contributed by atoms with van der Waals surface area (Å²) < 4.78 is 1.14. The minimum absolute atomic E-state index is 0.185. The van der Waals surface area contributed by atoms with Crippen molar-refractivity contribution in [2.75, 3.05) is 0 Å². The summed E-state index contributed by atoms with van der Waals surface area (Å²) in [5, 5.41) is 9.31. The molecule has 1 saturated carbocycles. The fourth-order valence-corrected chi connectivity index (χ4v) is 2.71. The van der Waals surface area contributed by atoms with Crippen LogP contribution in [0.2, 0.25) is 0 Å². The van der Waals surface area contributed by atoms with Gasteiger partial charge in [-0.25, -0.2) is 0 Å². The molecule has 1 aromatic rings. The first kappa shape index (κ1) is 10.7. The van der Waals surface area contributed by atoms with Gasteiger partial charge in [0.2, 0.25) is 0 Å². The molecule has 0 N–H and O–H groups in total. The van der Waals surface area contributed by atoms with E-state index in [1.165, 1.54) is 23.1 Å². The van der Waals surface area contributed by atoms with Gasteiger partial charge in [-0.15, -0.1) is 0 Å². The summed E-state index contributed by atoms with van der Waals surface area (Å²) in [5.74, 6) is 0. The zero-order valence-electron chi connectivity index (χ0n) is 9.10. The van der Waals surface area contributed by atoms with E-state index in [1.54, 1.807) is 0 Å². The molecule has 0 amide bonds. The maximum atomic E-state index is 9.31. The first-order valence-electron chi connectivity index (χ1n) is 5.28. The molecule has 0 atom stereocenters. The van der Waals surface area contributed by atoms with Gasteiger partial charge >= 0.3 is 0 Å². The summed E-state index contributed by atoms with van der Waals surface area (Å²) in [4.78, 5) is 0. The van der Waals surface area contributed by atoms with Crippen molar-refractivity contribution in [3.8, 4) is 6.07 Å². The highest BCUT2D eigenvalue weighted by Crippen LogP contribution is 2.45. The normalized spacial score (nSPS) is 18.0. The predicted octanol–water partition coefficient (Wildman–Crippen LogP) is 4.01. The van der Waals surface area contributed by atoms with Crippen LogP contribution in [-0.4, -0.2) is 0 Å². The molecule has 0 spiro atoms.